The van der Waals surface area contributed by atoms with Gasteiger partial charge in [-0.1, -0.05) is 51.1 Å². The fourth-order valence-corrected chi connectivity index (χ4v) is 5.51. The number of nitrogens with zero attached hydrogens (tertiary/aromatic N) is 4. The second kappa shape index (κ2) is 9.73. The van der Waals surface area contributed by atoms with E-state index in [1.165, 1.54) is 6.33 Å². The van der Waals surface area contributed by atoms with Gasteiger partial charge < -0.3 is 4.74 Å². The molecule has 3 aromatic heterocycles. The Hall–Kier alpha value is -5.11. The molecule has 3 heterocycles. The molecule has 7 aromatic rings. The van der Waals surface area contributed by atoms with E-state index in [0.717, 1.165) is 45.3 Å². The maximum absolute atomic E-state index is 14.0. The fourth-order valence-electron chi connectivity index (χ4n) is 5.51. The van der Waals surface area contributed by atoms with Gasteiger partial charge in [0.25, 0.3) is 0 Å². The van der Waals surface area contributed by atoms with E-state index in [1.807, 2.05) is 60.7 Å². The summed E-state index contributed by atoms with van der Waals surface area (Å²) in [5.41, 5.74) is 3.75. The Morgan fingerprint density at radius 2 is 1.40 bits per heavy atom. The Morgan fingerprint density at radius 3 is 2.19 bits per heavy atom. The van der Waals surface area contributed by atoms with Crippen LogP contribution in [-0.2, 0) is 11.6 Å². The lowest BCUT2D eigenvalue weighted by atomic mass is 9.88. The quantitative estimate of drug-likeness (QED) is 0.210. The minimum atomic E-state index is -4.56. The minimum absolute atomic E-state index is 0.0671. The molecule has 7 rings (SSSR count). The molecule has 0 N–H and O–H groups in total. The molecule has 0 saturated heterocycles. The minimum Gasteiger partial charge on any atom is -0.457 e. The first-order chi connectivity index (χ1) is 20.6. The highest BCUT2D eigenvalue weighted by molar-refractivity contribution is 6.09. The highest BCUT2D eigenvalue weighted by atomic mass is 19.4. The van der Waals surface area contributed by atoms with E-state index in [0.29, 0.717) is 22.5 Å². The van der Waals surface area contributed by atoms with Crippen molar-refractivity contribution in [2.24, 2.45) is 0 Å². The summed E-state index contributed by atoms with van der Waals surface area (Å²) in [6, 6.07) is 28.7. The third-order valence-electron chi connectivity index (χ3n) is 7.67. The van der Waals surface area contributed by atoms with Crippen molar-refractivity contribution in [3.05, 3.63) is 121 Å². The average Bonchev–Trinajstić information content (AvgIpc) is 3.55. The van der Waals surface area contributed by atoms with Crippen molar-refractivity contribution < 1.29 is 17.9 Å². The van der Waals surface area contributed by atoms with Crippen LogP contribution in [0, 0.1) is 0 Å². The molecule has 0 atom stereocenters. The monoisotopic (exact) mass is 576 g/mol. The van der Waals surface area contributed by atoms with Gasteiger partial charge in [0.15, 0.2) is 0 Å². The first-order valence-corrected chi connectivity index (χ1v) is 13.9. The number of rotatable bonds is 4. The Labute approximate surface area is 245 Å². The van der Waals surface area contributed by atoms with Crippen LogP contribution in [0.15, 0.2) is 110 Å². The van der Waals surface area contributed by atoms with Crippen molar-refractivity contribution in [1.29, 1.82) is 0 Å². The van der Waals surface area contributed by atoms with Gasteiger partial charge >= 0.3 is 6.18 Å². The maximum atomic E-state index is 14.0. The van der Waals surface area contributed by atoms with Crippen molar-refractivity contribution in [3.63, 3.8) is 0 Å². The summed E-state index contributed by atoms with van der Waals surface area (Å²) in [6.07, 6.45) is -1.24. The second-order valence-electron chi connectivity index (χ2n) is 11.6. The van der Waals surface area contributed by atoms with Crippen molar-refractivity contribution in [2.75, 3.05) is 0 Å². The number of imidazole rings is 1. The van der Waals surface area contributed by atoms with Crippen molar-refractivity contribution in [2.45, 2.75) is 32.4 Å². The molecule has 4 aromatic carbocycles. The molecule has 0 radical (unpaired) electrons. The molecule has 0 fully saturated rings. The molecule has 0 amide bonds. The summed E-state index contributed by atoms with van der Waals surface area (Å²) in [4.78, 5) is 9.05. The molecule has 0 aliphatic heterocycles. The van der Waals surface area contributed by atoms with E-state index in [1.54, 1.807) is 22.9 Å². The molecular formula is C35H27F3N4O. The highest BCUT2D eigenvalue weighted by Gasteiger charge is 2.32. The van der Waals surface area contributed by atoms with Gasteiger partial charge in [0.2, 0.25) is 0 Å². The number of pyridine rings is 1. The first-order valence-electron chi connectivity index (χ1n) is 13.9. The van der Waals surface area contributed by atoms with Gasteiger partial charge in [-0.3, -0.25) is 9.13 Å². The molecule has 43 heavy (non-hydrogen) atoms. The molecule has 0 spiro atoms. The van der Waals surface area contributed by atoms with Gasteiger partial charge in [-0.05, 0) is 65.6 Å². The van der Waals surface area contributed by atoms with Gasteiger partial charge in [0, 0.05) is 29.1 Å². The molecule has 0 aliphatic rings. The highest BCUT2D eigenvalue weighted by Crippen LogP contribution is 2.38. The summed E-state index contributed by atoms with van der Waals surface area (Å²) >= 11 is 0. The Bertz CT molecular complexity index is 2150. The fraction of sp³-hybridized carbons (Fsp3) is 0.143. The van der Waals surface area contributed by atoms with Crippen molar-refractivity contribution in [1.82, 2.24) is 19.1 Å². The average molecular weight is 577 g/mol. The number of alkyl halides is 3. The molecule has 0 bridgehead atoms. The molecule has 214 valence electrons. The number of benzene rings is 4. The van der Waals surface area contributed by atoms with Crippen LogP contribution in [0.25, 0.3) is 44.3 Å². The molecule has 0 saturated carbocycles. The van der Waals surface area contributed by atoms with Crippen LogP contribution >= 0.6 is 0 Å². The van der Waals surface area contributed by atoms with Crippen LogP contribution in [0.4, 0.5) is 13.2 Å². The predicted octanol–water partition coefficient (Wildman–Crippen LogP) is 9.63. The summed E-state index contributed by atoms with van der Waals surface area (Å²) in [7, 11) is 0. The van der Waals surface area contributed by atoms with Gasteiger partial charge in [0.05, 0.1) is 33.3 Å². The number of para-hydroxylation sites is 3. The molecule has 0 aliphatic carbocycles. The SMILES string of the molecule is CC(C)(C)c1ccnc(-n2c3ccccc3c3ccc(Oc4cc(-n5cnc6ccccc65)cc(C(F)(F)F)c4)cc32)c1. The van der Waals surface area contributed by atoms with Gasteiger partial charge in [-0.15, -0.1) is 0 Å². The number of hydrogen-bond donors (Lipinski definition) is 0. The summed E-state index contributed by atoms with van der Waals surface area (Å²) in [5, 5.41) is 2.03. The summed E-state index contributed by atoms with van der Waals surface area (Å²) < 4.78 is 52.0. The van der Waals surface area contributed by atoms with Gasteiger partial charge in [0.1, 0.15) is 23.6 Å². The largest absolute Gasteiger partial charge is 0.457 e. The zero-order valence-electron chi connectivity index (χ0n) is 23.7. The smallest absolute Gasteiger partial charge is 0.416 e. The number of ether oxygens (including phenoxy) is 1. The lowest BCUT2D eigenvalue weighted by molar-refractivity contribution is -0.137. The van der Waals surface area contributed by atoms with Crippen LogP contribution in [-0.4, -0.2) is 19.1 Å². The molecular weight excluding hydrogens is 549 g/mol. The normalized spacial score (nSPS) is 12.4. The maximum Gasteiger partial charge on any atom is 0.416 e. The van der Waals surface area contributed by atoms with Crippen LogP contribution in [0.3, 0.4) is 0 Å². The van der Waals surface area contributed by atoms with Gasteiger partial charge in [-0.25, -0.2) is 9.97 Å². The zero-order chi connectivity index (χ0) is 29.9. The van der Waals surface area contributed by atoms with Crippen LogP contribution in [0.5, 0.6) is 11.5 Å². The van der Waals surface area contributed by atoms with Crippen LogP contribution in [0.1, 0.15) is 31.9 Å². The van der Waals surface area contributed by atoms with E-state index in [4.69, 9.17) is 9.72 Å². The predicted molar refractivity (Wildman–Crippen MR) is 163 cm³/mol. The van der Waals surface area contributed by atoms with E-state index >= 15 is 0 Å². The van der Waals surface area contributed by atoms with Crippen molar-refractivity contribution in [3.8, 4) is 23.0 Å². The second-order valence-corrected chi connectivity index (χ2v) is 11.6. The van der Waals surface area contributed by atoms with Crippen molar-refractivity contribution >= 4 is 32.8 Å². The molecule has 8 heteroatoms. The molecule has 0 unspecified atom stereocenters. The zero-order valence-corrected chi connectivity index (χ0v) is 23.7. The Balaban J connectivity index is 1.37. The number of halogens is 3. The topological polar surface area (TPSA) is 44.9 Å². The third-order valence-corrected chi connectivity index (χ3v) is 7.67. The summed E-state index contributed by atoms with van der Waals surface area (Å²) in [5.74, 6) is 1.23. The van der Waals surface area contributed by atoms with Crippen LogP contribution in [0.2, 0.25) is 0 Å². The molecule has 5 nitrogen and oxygen atoms in total. The third kappa shape index (κ3) is 4.78. The van der Waals surface area contributed by atoms with E-state index in [-0.39, 0.29) is 11.2 Å². The van der Waals surface area contributed by atoms with Crippen LogP contribution < -0.4 is 4.74 Å². The number of hydrogen-bond acceptors (Lipinski definition) is 3. The number of fused-ring (bicyclic) bond motifs is 4. The van der Waals surface area contributed by atoms with E-state index in [2.05, 4.69) is 42.5 Å². The lowest BCUT2D eigenvalue weighted by Gasteiger charge is -2.20. The van der Waals surface area contributed by atoms with E-state index < -0.39 is 11.7 Å². The van der Waals surface area contributed by atoms with E-state index in [9.17, 15) is 13.2 Å². The standard InChI is InChI=1S/C35H27F3N4O/c1-34(2,3)22-14-15-39-33(18-22)42-30-10-6-4-8-27(30)28-13-12-25(20-32(28)42)43-26-17-23(35(36,37)38)16-24(19-26)41-21-40-29-9-5-7-11-31(29)41/h4-21H,1-3H3. The lowest BCUT2D eigenvalue weighted by Crippen LogP contribution is -2.12. The Kier molecular flexibility index (Phi) is 6.06. The Morgan fingerprint density at radius 1 is 0.651 bits per heavy atom. The van der Waals surface area contributed by atoms with Gasteiger partial charge in [-0.2, -0.15) is 13.2 Å². The summed E-state index contributed by atoms with van der Waals surface area (Å²) in [6.45, 7) is 6.46. The number of aromatic nitrogens is 4. The first kappa shape index (κ1) is 26.8.